The lowest BCUT2D eigenvalue weighted by molar-refractivity contribution is -0.139. The molecule has 0 bridgehead atoms. The second kappa shape index (κ2) is 4.42. The van der Waals surface area contributed by atoms with Crippen molar-refractivity contribution < 1.29 is 14.6 Å². The van der Waals surface area contributed by atoms with E-state index in [1.54, 1.807) is 18.3 Å². The van der Waals surface area contributed by atoms with E-state index >= 15 is 0 Å². The molecule has 13 heavy (non-hydrogen) atoms. The zero-order valence-corrected chi connectivity index (χ0v) is 6.88. The standard InChI is InChI=1S/C8H10N2O3/c9-7(8(11)12)5-13-6-2-1-3-10-4-6/h1-4,7H,5,9H2,(H,11,12). The summed E-state index contributed by atoms with van der Waals surface area (Å²) < 4.78 is 5.06. The topological polar surface area (TPSA) is 85.4 Å². The van der Waals surface area contributed by atoms with Gasteiger partial charge in [-0.3, -0.25) is 9.78 Å². The van der Waals surface area contributed by atoms with Crippen LogP contribution < -0.4 is 10.5 Å². The Morgan fingerprint density at radius 1 is 1.77 bits per heavy atom. The fraction of sp³-hybridized carbons (Fsp3) is 0.250. The second-order valence-corrected chi connectivity index (χ2v) is 2.44. The molecule has 0 aromatic carbocycles. The SMILES string of the molecule is NC(COc1cccnc1)C(=O)O. The molecule has 1 aromatic rings. The maximum atomic E-state index is 10.3. The van der Waals surface area contributed by atoms with Gasteiger partial charge in [0.05, 0.1) is 6.20 Å². The number of aliphatic carboxylic acids is 1. The summed E-state index contributed by atoms with van der Waals surface area (Å²) in [6.45, 7) is -0.0545. The highest BCUT2D eigenvalue weighted by Gasteiger charge is 2.11. The molecule has 0 fully saturated rings. The minimum atomic E-state index is -1.08. The molecule has 1 unspecified atom stereocenters. The quantitative estimate of drug-likeness (QED) is 0.677. The number of nitrogens with zero attached hydrogens (tertiary/aromatic N) is 1. The van der Waals surface area contributed by atoms with Crippen molar-refractivity contribution in [2.24, 2.45) is 5.73 Å². The number of aromatic nitrogens is 1. The van der Waals surface area contributed by atoms with Crippen LogP contribution in [0.25, 0.3) is 0 Å². The molecule has 5 heteroatoms. The van der Waals surface area contributed by atoms with Crippen LogP contribution in [0.4, 0.5) is 0 Å². The van der Waals surface area contributed by atoms with Gasteiger partial charge in [0, 0.05) is 6.20 Å². The maximum Gasteiger partial charge on any atom is 0.324 e. The third kappa shape index (κ3) is 3.08. The molecule has 0 amide bonds. The highest BCUT2D eigenvalue weighted by molar-refractivity contribution is 5.73. The van der Waals surface area contributed by atoms with Gasteiger partial charge in [0.15, 0.2) is 0 Å². The first-order chi connectivity index (χ1) is 6.20. The van der Waals surface area contributed by atoms with Crippen molar-refractivity contribution >= 4 is 5.97 Å². The van der Waals surface area contributed by atoms with Crippen LogP contribution in [0.2, 0.25) is 0 Å². The lowest BCUT2D eigenvalue weighted by Crippen LogP contribution is -2.36. The van der Waals surface area contributed by atoms with Crippen LogP contribution in [-0.2, 0) is 4.79 Å². The Morgan fingerprint density at radius 2 is 2.54 bits per heavy atom. The summed E-state index contributed by atoms with van der Waals surface area (Å²) in [7, 11) is 0. The van der Waals surface area contributed by atoms with Gasteiger partial charge in [-0.1, -0.05) is 0 Å². The fourth-order valence-corrected chi connectivity index (χ4v) is 0.690. The zero-order valence-electron chi connectivity index (χ0n) is 6.88. The number of nitrogens with two attached hydrogens (primary N) is 1. The minimum absolute atomic E-state index is 0.0545. The van der Waals surface area contributed by atoms with E-state index in [1.807, 2.05) is 0 Å². The summed E-state index contributed by atoms with van der Waals surface area (Å²) in [5.74, 6) is -0.567. The number of carboxylic acid groups (broad SMARTS) is 1. The van der Waals surface area contributed by atoms with Crippen molar-refractivity contribution in [1.29, 1.82) is 0 Å². The lowest BCUT2D eigenvalue weighted by atomic mass is 10.3. The van der Waals surface area contributed by atoms with E-state index < -0.39 is 12.0 Å². The van der Waals surface area contributed by atoms with Gasteiger partial charge >= 0.3 is 5.97 Å². The Hall–Kier alpha value is -1.62. The Bertz CT molecular complexity index is 276. The van der Waals surface area contributed by atoms with E-state index in [0.29, 0.717) is 5.75 Å². The van der Waals surface area contributed by atoms with Crippen LogP contribution in [0.1, 0.15) is 0 Å². The van der Waals surface area contributed by atoms with Crippen molar-refractivity contribution in [2.45, 2.75) is 6.04 Å². The summed E-state index contributed by atoms with van der Waals surface area (Å²) >= 11 is 0. The minimum Gasteiger partial charge on any atom is -0.490 e. The van der Waals surface area contributed by atoms with E-state index in [9.17, 15) is 4.79 Å². The average molecular weight is 182 g/mol. The Labute approximate surface area is 75.2 Å². The highest BCUT2D eigenvalue weighted by Crippen LogP contribution is 2.05. The zero-order chi connectivity index (χ0) is 9.68. The van der Waals surface area contributed by atoms with Gasteiger partial charge in [0.25, 0.3) is 0 Å². The second-order valence-electron chi connectivity index (χ2n) is 2.44. The molecule has 0 spiro atoms. The van der Waals surface area contributed by atoms with Crippen LogP contribution in [0.5, 0.6) is 5.75 Å². The molecule has 5 nitrogen and oxygen atoms in total. The molecule has 0 radical (unpaired) electrons. The van der Waals surface area contributed by atoms with E-state index in [2.05, 4.69) is 4.98 Å². The van der Waals surface area contributed by atoms with E-state index in [0.717, 1.165) is 0 Å². The molecule has 1 rings (SSSR count). The molecule has 1 atom stereocenters. The normalized spacial score (nSPS) is 12.1. The van der Waals surface area contributed by atoms with Gasteiger partial charge in [0.1, 0.15) is 18.4 Å². The maximum absolute atomic E-state index is 10.3. The number of hydrogen-bond donors (Lipinski definition) is 2. The molecule has 70 valence electrons. The summed E-state index contributed by atoms with van der Waals surface area (Å²) in [5, 5.41) is 8.44. The number of ether oxygens (including phenoxy) is 1. The molecular weight excluding hydrogens is 172 g/mol. The molecular formula is C8H10N2O3. The van der Waals surface area contributed by atoms with Crippen molar-refractivity contribution in [3.63, 3.8) is 0 Å². The van der Waals surface area contributed by atoms with Crippen LogP contribution in [0, 0.1) is 0 Å². The summed E-state index contributed by atoms with van der Waals surface area (Å²) in [5.41, 5.74) is 5.22. The van der Waals surface area contributed by atoms with Gasteiger partial charge in [-0.2, -0.15) is 0 Å². The molecule has 1 aromatic heterocycles. The molecule has 3 N–H and O–H groups in total. The monoisotopic (exact) mass is 182 g/mol. The molecule has 0 saturated carbocycles. The van der Waals surface area contributed by atoms with Crippen molar-refractivity contribution in [3.8, 4) is 5.75 Å². The molecule has 1 heterocycles. The Kier molecular flexibility index (Phi) is 3.22. The Balaban J connectivity index is 2.39. The van der Waals surface area contributed by atoms with Crippen LogP contribution in [0.15, 0.2) is 24.5 Å². The van der Waals surface area contributed by atoms with Crippen LogP contribution in [-0.4, -0.2) is 28.7 Å². The summed E-state index contributed by atoms with van der Waals surface area (Å²) in [6, 6.07) is 2.38. The number of carbonyl (C=O) groups is 1. The molecule has 0 aliphatic carbocycles. The number of pyridine rings is 1. The van der Waals surface area contributed by atoms with Crippen LogP contribution >= 0.6 is 0 Å². The van der Waals surface area contributed by atoms with Gasteiger partial charge < -0.3 is 15.6 Å². The number of carboxylic acids is 1. The number of hydrogen-bond acceptors (Lipinski definition) is 4. The molecule has 0 aliphatic rings. The summed E-state index contributed by atoms with van der Waals surface area (Å²) in [4.78, 5) is 14.1. The first-order valence-corrected chi connectivity index (χ1v) is 3.71. The summed E-state index contributed by atoms with van der Waals surface area (Å²) in [6.07, 6.45) is 3.10. The highest BCUT2D eigenvalue weighted by atomic mass is 16.5. The van der Waals surface area contributed by atoms with Crippen molar-refractivity contribution in [3.05, 3.63) is 24.5 Å². The number of rotatable bonds is 4. The smallest absolute Gasteiger partial charge is 0.324 e. The third-order valence-corrected chi connectivity index (χ3v) is 1.38. The first-order valence-electron chi connectivity index (χ1n) is 3.71. The van der Waals surface area contributed by atoms with E-state index in [4.69, 9.17) is 15.6 Å². The van der Waals surface area contributed by atoms with Gasteiger partial charge in [-0.15, -0.1) is 0 Å². The van der Waals surface area contributed by atoms with E-state index in [1.165, 1.54) is 6.20 Å². The van der Waals surface area contributed by atoms with Crippen molar-refractivity contribution in [2.75, 3.05) is 6.61 Å². The largest absolute Gasteiger partial charge is 0.490 e. The predicted molar refractivity (Wildman–Crippen MR) is 45.3 cm³/mol. The predicted octanol–water partition coefficient (Wildman–Crippen LogP) is -0.128. The lowest BCUT2D eigenvalue weighted by Gasteiger charge is -2.07. The van der Waals surface area contributed by atoms with Crippen LogP contribution in [0.3, 0.4) is 0 Å². The van der Waals surface area contributed by atoms with E-state index in [-0.39, 0.29) is 6.61 Å². The molecule has 0 saturated heterocycles. The van der Waals surface area contributed by atoms with Gasteiger partial charge in [0.2, 0.25) is 0 Å². The van der Waals surface area contributed by atoms with Gasteiger partial charge in [-0.05, 0) is 12.1 Å². The van der Waals surface area contributed by atoms with Crippen molar-refractivity contribution in [1.82, 2.24) is 4.98 Å². The van der Waals surface area contributed by atoms with Gasteiger partial charge in [-0.25, -0.2) is 0 Å². The fourth-order valence-electron chi connectivity index (χ4n) is 0.690. The average Bonchev–Trinajstić information content (AvgIpc) is 2.15. The first kappa shape index (κ1) is 9.47. The Morgan fingerprint density at radius 3 is 3.08 bits per heavy atom. The molecule has 0 aliphatic heterocycles. The third-order valence-electron chi connectivity index (χ3n) is 1.38.